The molecule has 1 heterocycles. The van der Waals surface area contributed by atoms with Gasteiger partial charge in [-0.2, -0.15) is 8.42 Å². The molecule has 5 rings (SSSR count). The van der Waals surface area contributed by atoms with Crippen molar-refractivity contribution < 1.29 is 31.7 Å². The highest BCUT2D eigenvalue weighted by molar-refractivity contribution is 8.18. The Bertz CT molecular complexity index is 1740. The van der Waals surface area contributed by atoms with Crippen LogP contribution in [-0.4, -0.2) is 44.7 Å². The van der Waals surface area contributed by atoms with E-state index in [0.717, 1.165) is 27.6 Å². The summed E-state index contributed by atoms with van der Waals surface area (Å²) in [6.45, 7) is 2.23. The van der Waals surface area contributed by atoms with Crippen LogP contribution in [0.15, 0.2) is 94.7 Å². The summed E-state index contributed by atoms with van der Waals surface area (Å²) in [4.78, 5) is 26.8. The molecule has 0 N–H and O–H groups in total. The fraction of sp³-hybridized carbons (Fsp3) is 0.133. The minimum atomic E-state index is -4.18. The van der Waals surface area contributed by atoms with Crippen molar-refractivity contribution in [3.8, 4) is 17.2 Å². The lowest BCUT2D eigenvalue weighted by atomic mass is 10.1. The lowest BCUT2D eigenvalue weighted by molar-refractivity contribution is -0.123. The van der Waals surface area contributed by atoms with Gasteiger partial charge in [-0.25, -0.2) is 0 Å². The first-order chi connectivity index (χ1) is 19.2. The molecule has 204 valence electrons. The van der Waals surface area contributed by atoms with Crippen LogP contribution in [0.5, 0.6) is 17.2 Å². The number of methoxy groups -OCH3 is 1. The highest BCUT2D eigenvalue weighted by Gasteiger charge is 2.35. The van der Waals surface area contributed by atoms with Crippen LogP contribution in [0.4, 0.5) is 4.79 Å². The van der Waals surface area contributed by atoms with Crippen molar-refractivity contribution in [3.05, 3.63) is 101 Å². The Labute approximate surface area is 236 Å². The van der Waals surface area contributed by atoms with Crippen molar-refractivity contribution in [1.82, 2.24) is 4.90 Å². The lowest BCUT2D eigenvalue weighted by Crippen LogP contribution is -2.32. The SMILES string of the molecule is COc1cc(/C=C2\SC(=O)N(CCOc3cccc(C)c3)C2=O)ccc1OS(=O)(=O)c1cccc2ccccc12. The molecule has 8 nitrogen and oxygen atoms in total. The Kier molecular flexibility index (Phi) is 7.81. The molecular formula is C30H25NO7S2. The second kappa shape index (κ2) is 11.4. The number of ether oxygens (including phenoxy) is 2. The van der Waals surface area contributed by atoms with Crippen LogP contribution in [0.1, 0.15) is 11.1 Å². The summed E-state index contributed by atoms with van der Waals surface area (Å²) < 4.78 is 42.9. The first kappa shape index (κ1) is 27.3. The lowest BCUT2D eigenvalue weighted by Gasteiger charge is -2.13. The number of imide groups is 1. The molecule has 0 spiro atoms. The maximum atomic E-state index is 13.2. The molecule has 0 aliphatic carbocycles. The van der Waals surface area contributed by atoms with E-state index in [9.17, 15) is 18.0 Å². The fourth-order valence-electron chi connectivity index (χ4n) is 4.22. The van der Waals surface area contributed by atoms with Gasteiger partial charge >= 0.3 is 10.1 Å². The molecule has 0 aromatic heterocycles. The normalized spacial score (nSPS) is 14.7. The molecule has 4 aromatic carbocycles. The van der Waals surface area contributed by atoms with Crippen molar-refractivity contribution in [2.45, 2.75) is 11.8 Å². The van der Waals surface area contributed by atoms with Crippen LogP contribution in [0.2, 0.25) is 0 Å². The van der Waals surface area contributed by atoms with Gasteiger partial charge in [-0.1, -0.05) is 54.6 Å². The van der Waals surface area contributed by atoms with Crippen molar-refractivity contribution in [2.24, 2.45) is 0 Å². The van der Waals surface area contributed by atoms with Gasteiger partial charge in [0, 0.05) is 5.39 Å². The third-order valence-corrected chi connectivity index (χ3v) is 8.35. The largest absolute Gasteiger partial charge is 0.493 e. The molecule has 0 radical (unpaired) electrons. The van der Waals surface area contributed by atoms with Gasteiger partial charge in [-0.05, 0) is 71.6 Å². The van der Waals surface area contributed by atoms with Gasteiger partial charge in [-0.15, -0.1) is 0 Å². The molecule has 0 bridgehead atoms. The quantitative estimate of drug-likeness (QED) is 0.176. The van der Waals surface area contributed by atoms with E-state index in [1.54, 1.807) is 36.4 Å². The molecule has 2 amide bonds. The monoisotopic (exact) mass is 575 g/mol. The van der Waals surface area contributed by atoms with E-state index >= 15 is 0 Å². The van der Waals surface area contributed by atoms with Crippen LogP contribution in [0, 0.1) is 6.92 Å². The van der Waals surface area contributed by atoms with Crippen LogP contribution < -0.4 is 13.7 Å². The molecule has 0 atom stereocenters. The number of carbonyl (C=O) groups excluding carboxylic acids is 2. The summed E-state index contributed by atoms with van der Waals surface area (Å²) in [6, 6.07) is 24.2. The molecule has 10 heteroatoms. The van der Waals surface area contributed by atoms with E-state index in [-0.39, 0.29) is 34.5 Å². The summed E-state index contributed by atoms with van der Waals surface area (Å²) in [7, 11) is -2.79. The molecule has 0 unspecified atom stereocenters. The average molecular weight is 576 g/mol. The van der Waals surface area contributed by atoms with E-state index in [4.69, 9.17) is 13.7 Å². The number of carbonyl (C=O) groups is 2. The minimum Gasteiger partial charge on any atom is -0.493 e. The third-order valence-electron chi connectivity index (χ3n) is 6.15. The van der Waals surface area contributed by atoms with Gasteiger partial charge < -0.3 is 13.7 Å². The number of nitrogens with zero attached hydrogens (tertiary/aromatic N) is 1. The van der Waals surface area contributed by atoms with E-state index < -0.39 is 21.3 Å². The van der Waals surface area contributed by atoms with Crippen molar-refractivity contribution in [2.75, 3.05) is 20.3 Å². The molecule has 0 saturated carbocycles. The van der Waals surface area contributed by atoms with Crippen molar-refractivity contribution in [3.63, 3.8) is 0 Å². The minimum absolute atomic E-state index is 0.00557. The first-order valence-corrected chi connectivity index (χ1v) is 14.5. The molecule has 4 aromatic rings. The molecule has 1 saturated heterocycles. The molecule has 1 fully saturated rings. The van der Waals surface area contributed by atoms with Gasteiger partial charge in [0.15, 0.2) is 11.5 Å². The van der Waals surface area contributed by atoms with Crippen LogP contribution in [0.3, 0.4) is 0 Å². The zero-order valence-electron chi connectivity index (χ0n) is 21.7. The van der Waals surface area contributed by atoms with Gasteiger partial charge in [0.05, 0.1) is 18.6 Å². The summed E-state index contributed by atoms with van der Waals surface area (Å²) in [5, 5.41) is 0.919. The van der Waals surface area contributed by atoms with Crippen LogP contribution >= 0.6 is 11.8 Å². The Morgan fingerprint density at radius 3 is 2.48 bits per heavy atom. The number of thioether (sulfide) groups is 1. The van der Waals surface area contributed by atoms with Gasteiger partial charge in [0.2, 0.25) is 0 Å². The number of hydrogen-bond acceptors (Lipinski definition) is 8. The van der Waals surface area contributed by atoms with Crippen molar-refractivity contribution >= 4 is 49.9 Å². The van der Waals surface area contributed by atoms with Crippen LogP contribution in [-0.2, 0) is 14.9 Å². The highest BCUT2D eigenvalue weighted by Crippen LogP contribution is 2.36. The second-order valence-corrected chi connectivity index (χ2v) is 11.4. The highest BCUT2D eigenvalue weighted by atomic mass is 32.2. The smallest absolute Gasteiger partial charge is 0.339 e. The number of benzene rings is 4. The van der Waals surface area contributed by atoms with Crippen LogP contribution in [0.25, 0.3) is 16.8 Å². The Hall–Kier alpha value is -4.28. The second-order valence-electron chi connectivity index (χ2n) is 8.92. The van der Waals surface area contributed by atoms with Gasteiger partial charge in [0.1, 0.15) is 17.3 Å². The average Bonchev–Trinajstić information content (AvgIpc) is 3.20. The summed E-state index contributed by atoms with van der Waals surface area (Å²) >= 11 is 0.826. The number of aryl methyl sites for hydroxylation is 1. The standard InChI is InChI=1S/C30H25NO7S2/c1-20-7-5-10-23(17-20)37-16-15-31-29(32)27(39-30(31)33)19-21-13-14-25(26(18-21)36-2)38-40(34,35)28-12-6-9-22-8-3-4-11-24(22)28/h3-14,17-19H,15-16H2,1-2H3/b27-19-. The Morgan fingerprint density at radius 2 is 1.68 bits per heavy atom. The molecular weight excluding hydrogens is 550 g/mol. The summed E-state index contributed by atoms with van der Waals surface area (Å²) in [5.74, 6) is 0.386. The maximum Gasteiger partial charge on any atom is 0.339 e. The van der Waals surface area contributed by atoms with E-state index in [1.807, 2.05) is 49.4 Å². The number of amides is 2. The number of rotatable bonds is 9. The zero-order valence-corrected chi connectivity index (χ0v) is 23.3. The van der Waals surface area contributed by atoms with E-state index in [1.165, 1.54) is 19.2 Å². The van der Waals surface area contributed by atoms with E-state index in [0.29, 0.717) is 16.7 Å². The fourth-order valence-corrected chi connectivity index (χ4v) is 6.25. The number of fused-ring (bicyclic) bond motifs is 1. The zero-order chi connectivity index (χ0) is 28.3. The third kappa shape index (κ3) is 5.83. The number of hydrogen-bond donors (Lipinski definition) is 0. The van der Waals surface area contributed by atoms with Gasteiger partial charge in [0.25, 0.3) is 11.1 Å². The Balaban J connectivity index is 1.31. The molecule has 1 aliphatic heterocycles. The maximum absolute atomic E-state index is 13.2. The first-order valence-electron chi connectivity index (χ1n) is 12.3. The molecule has 40 heavy (non-hydrogen) atoms. The predicted molar refractivity (Wildman–Crippen MR) is 154 cm³/mol. The molecule has 1 aliphatic rings. The van der Waals surface area contributed by atoms with Crippen molar-refractivity contribution in [1.29, 1.82) is 0 Å². The topological polar surface area (TPSA) is 99.2 Å². The van der Waals surface area contributed by atoms with E-state index in [2.05, 4.69) is 0 Å². The Morgan fingerprint density at radius 1 is 0.900 bits per heavy atom. The predicted octanol–water partition coefficient (Wildman–Crippen LogP) is 6.04. The summed E-state index contributed by atoms with van der Waals surface area (Å²) in [5.41, 5.74) is 1.58. The summed E-state index contributed by atoms with van der Waals surface area (Å²) in [6.07, 6.45) is 1.55. The van der Waals surface area contributed by atoms with Gasteiger partial charge in [-0.3, -0.25) is 14.5 Å².